The minimum absolute atomic E-state index is 0.106. The highest BCUT2D eigenvalue weighted by atomic mass is 79.9. The number of fused-ring (bicyclic) bond motifs is 1. The molecule has 7 nitrogen and oxygen atoms in total. The minimum Gasteiger partial charge on any atom is -0.480 e. The van der Waals surface area contributed by atoms with Crippen LogP contribution in [-0.4, -0.2) is 29.8 Å². The Morgan fingerprint density at radius 3 is 2.61 bits per heavy atom. The molecule has 0 radical (unpaired) electrons. The Bertz CT molecular complexity index is 1070. The fourth-order valence-electron chi connectivity index (χ4n) is 2.27. The number of benzene rings is 2. The van der Waals surface area contributed by atoms with E-state index < -0.39 is 18.5 Å². The third-order valence-electron chi connectivity index (χ3n) is 3.44. The van der Waals surface area contributed by atoms with Crippen molar-refractivity contribution in [2.24, 2.45) is 5.10 Å². The van der Waals surface area contributed by atoms with Crippen LogP contribution in [0.25, 0.3) is 11.0 Å². The zero-order chi connectivity index (χ0) is 20.3. The molecule has 0 fully saturated rings. The largest absolute Gasteiger partial charge is 0.480 e. The van der Waals surface area contributed by atoms with E-state index in [0.29, 0.717) is 36.3 Å². The number of nitrogens with one attached hydrogen (secondary N) is 1. The maximum absolute atomic E-state index is 12.2. The number of ether oxygens (including phenoxy) is 1. The smallest absolute Gasteiger partial charge is 0.341 e. The molecule has 0 unspecified atom stereocenters. The number of aliphatic carboxylic acids is 1. The van der Waals surface area contributed by atoms with Crippen molar-refractivity contribution < 1.29 is 23.8 Å². The molecule has 1 aromatic heterocycles. The lowest BCUT2D eigenvalue weighted by Gasteiger charge is -2.09. The highest BCUT2D eigenvalue weighted by molar-refractivity contribution is 9.11. The van der Waals surface area contributed by atoms with Gasteiger partial charge in [0.25, 0.3) is 0 Å². The fraction of sp³-hybridized carbons (Fsp3) is 0.0556. The first kappa shape index (κ1) is 20.4. The number of carboxylic acid groups (broad SMARTS) is 1. The van der Waals surface area contributed by atoms with Crippen LogP contribution in [0.15, 0.2) is 54.9 Å². The Hall–Kier alpha value is -2.36. The van der Waals surface area contributed by atoms with Crippen molar-refractivity contribution in [3.8, 4) is 5.75 Å². The van der Waals surface area contributed by atoms with Gasteiger partial charge >= 0.3 is 11.9 Å². The van der Waals surface area contributed by atoms with E-state index in [2.05, 4.69) is 42.4 Å². The van der Waals surface area contributed by atoms with Crippen LogP contribution in [0.1, 0.15) is 16.1 Å². The molecule has 3 rings (SSSR count). The van der Waals surface area contributed by atoms with Gasteiger partial charge in [0, 0.05) is 10.4 Å². The summed E-state index contributed by atoms with van der Waals surface area (Å²) in [6.45, 7) is -0.469. The van der Waals surface area contributed by atoms with E-state index in [-0.39, 0.29) is 5.76 Å². The van der Waals surface area contributed by atoms with Gasteiger partial charge in [0.2, 0.25) is 0 Å². The predicted octanol–water partition coefficient (Wildman–Crippen LogP) is 4.84. The third-order valence-corrected chi connectivity index (χ3v) is 4.86. The molecule has 0 aliphatic rings. The number of hydrogen-bond acceptors (Lipinski definition) is 5. The average Bonchev–Trinajstić information content (AvgIpc) is 3.04. The summed E-state index contributed by atoms with van der Waals surface area (Å²) >= 11 is 12.5. The molecule has 144 valence electrons. The zero-order valence-electron chi connectivity index (χ0n) is 13.9. The van der Waals surface area contributed by atoms with Crippen LogP contribution >= 0.6 is 43.5 Å². The van der Waals surface area contributed by atoms with Crippen LogP contribution in [0.4, 0.5) is 0 Å². The maximum atomic E-state index is 12.2. The number of furan rings is 1. The quantitative estimate of drug-likeness (QED) is 0.351. The highest BCUT2D eigenvalue weighted by Gasteiger charge is 2.13. The molecule has 2 N–H and O–H groups in total. The second kappa shape index (κ2) is 8.76. The first-order valence-corrected chi connectivity index (χ1v) is 9.66. The van der Waals surface area contributed by atoms with Crippen LogP contribution in [0, 0.1) is 0 Å². The molecular weight excluding hydrogens is 519 g/mol. The molecule has 3 aromatic rings. The number of rotatable bonds is 6. The van der Waals surface area contributed by atoms with E-state index >= 15 is 0 Å². The van der Waals surface area contributed by atoms with Crippen LogP contribution in [-0.2, 0) is 4.79 Å². The number of carboxylic acids is 1. The van der Waals surface area contributed by atoms with Gasteiger partial charge in [-0.15, -0.1) is 0 Å². The monoisotopic (exact) mass is 528 g/mol. The molecule has 0 saturated carbocycles. The second-order valence-corrected chi connectivity index (χ2v) is 7.63. The number of hydrazone groups is 1. The standard InChI is InChI=1S/C18H11Br2ClN2O5/c19-12-3-9(4-13(20)17(12)27-8-16(24)25)7-22-23-18(26)15-6-10-5-11(21)1-2-14(10)28-15/h1-7H,8H2,(H,23,26)(H,24,25)/b22-7+. The number of halogens is 3. The SMILES string of the molecule is O=C(O)COc1c(Br)cc(/C=N/NC(=O)c2cc3cc(Cl)ccc3o2)cc1Br. The highest BCUT2D eigenvalue weighted by Crippen LogP contribution is 2.34. The van der Waals surface area contributed by atoms with E-state index in [1.165, 1.54) is 6.21 Å². The van der Waals surface area contributed by atoms with Crippen molar-refractivity contribution in [1.29, 1.82) is 0 Å². The van der Waals surface area contributed by atoms with E-state index in [9.17, 15) is 9.59 Å². The van der Waals surface area contributed by atoms with Crippen LogP contribution in [0.2, 0.25) is 5.02 Å². The lowest BCUT2D eigenvalue weighted by molar-refractivity contribution is -0.139. The number of carbonyl (C=O) groups is 2. The summed E-state index contributed by atoms with van der Waals surface area (Å²) in [6.07, 6.45) is 1.42. The van der Waals surface area contributed by atoms with Gasteiger partial charge in [-0.05, 0) is 73.8 Å². The summed E-state index contributed by atoms with van der Waals surface area (Å²) in [7, 11) is 0. The summed E-state index contributed by atoms with van der Waals surface area (Å²) < 4.78 is 11.7. The normalized spacial score (nSPS) is 11.1. The van der Waals surface area contributed by atoms with Gasteiger partial charge < -0.3 is 14.3 Å². The van der Waals surface area contributed by atoms with E-state index in [1.807, 2.05) is 0 Å². The summed E-state index contributed by atoms with van der Waals surface area (Å²) in [4.78, 5) is 22.8. The molecule has 0 aliphatic carbocycles. The Morgan fingerprint density at radius 1 is 1.21 bits per heavy atom. The molecule has 0 saturated heterocycles. The van der Waals surface area contributed by atoms with Gasteiger partial charge in [-0.3, -0.25) is 4.79 Å². The van der Waals surface area contributed by atoms with E-state index in [1.54, 1.807) is 36.4 Å². The molecular formula is C18H11Br2ClN2O5. The lowest BCUT2D eigenvalue weighted by atomic mass is 10.2. The van der Waals surface area contributed by atoms with Crippen molar-refractivity contribution in [3.63, 3.8) is 0 Å². The summed E-state index contributed by atoms with van der Waals surface area (Å²) in [5.41, 5.74) is 3.56. The van der Waals surface area contributed by atoms with Crippen molar-refractivity contribution in [2.75, 3.05) is 6.61 Å². The van der Waals surface area contributed by atoms with Crippen molar-refractivity contribution in [1.82, 2.24) is 5.43 Å². The number of nitrogens with zero attached hydrogens (tertiary/aromatic N) is 1. The average molecular weight is 531 g/mol. The first-order chi connectivity index (χ1) is 13.3. The van der Waals surface area contributed by atoms with Gasteiger partial charge in [-0.2, -0.15) is 5.10 Å². The van der Waals surface area contributed by atoms with Gasteiger partial charge in [0.1, 0.15) is 11.3 Å². The second-order valence-electron chi connectivity index (χ2n) is 5.49. The third kappa shape index (κ3) is 4.92. The first-order valence-electron chi connectivity index (χ1n) is 7.69. The van der Waals surface area contributed by atoms with E-state index in [4.69, 9.17) is 25.9 Å². The number of amides is 1. The zero-order valence-corrected chi connectivity index (χ0v) is 17.8. The topological polar surface area (TPSA) is 101 Å². The maximum Gasteiger partial charge on any atom is 0.341 e. The lowest BCUT2D eigenvalue weighted by Crippen LogP contribution is -2.16. The molecule has 0 aliphatic heterocycles. The fourth-order valence-corrected chi connectivity index (χ4v) is 3.90. The summed E-state index contributed by atoms with van der Waals surface area (Å²) in [5, 5.41) is 13.9. The van der Waals surface area contributed by atoms with Gasteiger partial charge in [-0.25, -0.2) is 10.2 Å². The van der Waals surface area contributed by atoms with Crippen molar-refractivity contribution in [2.45, 2.75) is 0 Å². The Morgan fingerprint density at radius 2 is 1.93 bits per heavy atom. The molecule has 0 spiro atoms. The molecule has 28 heavy (non-hydrogen) atoms. The minimum atomic E-state index is -1.08. The van der Waals surface area contributed by atoms with Crippen LogP contribution in [0.5, 0.6) is 5.75 Å². The molecule has 0 bridgehead atoms. The molecule has 10 heteroatoms. The number of hydrogen-bond donors (Lipinski definition) is 2. The van der Waals surface area contributed by atoms with Gasteiger partial charge in [-0.1, -0.05) is 11.6 Å². The van der Waals surface area contributed by atoms with Crippen LogP contribution in [0.3, 0.4) is 0 Å². The Kier molecular flexibility index (Phi) is 6.38. The summed E-state index contributed by atoms with van der Waals surface area (Å²) in [6, 6.07) is 9.96. The predicted molar refractivity (Wildman–Crippen MR) is 111 cm³/mol. The molecule has 0 atom stereocenters. The molecule has 2 aromatic carbocycles. The Balaban J connectivity index is 1.69. The molecule has 1 amide bonds. The van der Waals surface area contributed by atoms with Crippen molar-refractivity contribution in [3.05, 3.63) is 61.7 Å². The van der Waals surface area contributed by atoms with Crippen LogP contribution < -0.4 is 10.2 Å². The summed E-state index contributed by atoms with van der Waals surface area (Å²) in [5.74, 6) is -1.14. The van der Waals surface area contributed by atoms with E-state index in [0.717, 1.165) is 0 Å². The Labute approximate surface area is 180 Å². The van der Waals surface area contributed by atoms with Gasteiger partial charge in [0.05, 0.1) is 15.2 Å². The number of carbonyl (C=O) groups excluding carboxylic acids is 1. The molecule has 1 heterocycles. The van der Waals surface area contributed by atoms with Gasteiger partial charge in [0.15, 0.2) is 12.4 Å². The van der Waals surface area contributed by atoms with Crippen molar-refractivity contribution >= 4 is 72.5 Å².